The van der Waals surface area contributed by atoms with E-state index in [0.717, 1.165) is 12.0 Å². The van der Waals surface area contributed by atoms with Gasteiger partial charge in [0.25, 0.3) is 0 Å². The Balaban J connectivity index is 1.60. The Bertz CT molecular complexity index is 730. The van der Waals surface area contributed by atoms with Crippen molar-refractivity contribution in [3.8, 4) is 0 Å². The second-order valence-corrected chi connectivity index (χ2v) is 8.32. The molecule has 1 unspecified atom stereocenters. The Labute approximate surface area is 177 Å². The van der Waals surface area contributed by atoms with Crippen molar-refractivity contribution in [2.24, 2.45) is 10.9 Å². The predicted molar refractivity (Wildman–Crippen MR) is 113 cm³/mol. The number of amides is 1. The molecule has 1 aliphatic heterocycles. The van der Waals surface area contributed by atoms with Crippen molar-refractivity contribution in [3.63, 3.8) is 0 Å². The van der Waals surface area contributed by atoms with Gasteiger partial charge in [-0.15, -0.1) is 0 Å². The number of ether oxygens (including phenoxy) is 1. The summed E-state index contributed by atoms with van der Waals surface area (Å²) in [6, 6.07) is 8.24. The Morgan fingerprint density at radius 1 is 1.17 bits per heavy atom. The van der Waals surface area contributed by atoms with E-state index >= 15 is 0 Å². The summed E-state index contributed by atoms with van der Waals surface area (Å²) < 4.78 is 5.33. The third-order valence-electron chi connectivity index (χ3n) is 6.03. The minimum atomic E-state index is -1.17. The lowest BCUT2D eigenvalue weighted by molar-refractivity contribution is -0.138. The van der Waals surface area contributed by atoms with Gasteiger partial charge in [0.15, 0.2) is 6.04 Å². The summed E-state index contributed by atoms with van der Waals surface area (Å²) in [5.74, 6) is -0.579. The van der Waals surface area contributed by atoms with Crippen molar-refractivity contribution in [1.82, 2.24) is 5.32 Å². The van der Waals surface area contributed by atoms with Gasteiger partial charge in [-0.25, -0.2) is 9.79 Å². The van der Waals surface area contributed by atoms with Gasteiger partial charge in [0.2, 0.25) is 11.8 Å². The number of carboxylic acids is 1. The van der Waals surface area contributed by atoms with E-state index < -0.39 is 24.2 Å². The largest absolute Gasteiger partial charge is 0.480 e. The lowest BCUT2D eigenvalue weighted by Gasteiger charge is -2.25. The van der Waals surface area contributed by atoms with E-state index in [4.69, 9.17) is 9.84 Å². The minimum Gasteiger partial charge on any atom is -0.480 e. The molecule has 1 aliphatic carbocycles. The average molecular weight is 417 g/mol. The molecule has 1 fully saturated rings. The number of carbonyl (C=O) groups excluding carboxylic acids is 1. The molecule has 3 rings (SSSR count). The standard InChI is InChI=1S/C23H32N2O5/c26-20(14-12-17-9-5-2-6-10-17)24-18(13-11-16-7-3-1-4-8-16)21(27)22-25-19(15-30-22)23(28)29/h1,3-4,7-8,17-19,21,27H,2,5-6,9-15H2,(H,24,26)(H,28,29)/t18-,19+,21?/m0/s1. The Kier molecular flexibility index (Phi) is 8.25. The molecule has 0 aromatic heterocycles. The summed E-state index contributed by atoms with van der Waals surface area (Å²) in [6.07, 6.45) is 7.45. The maximum absolute atomic E-state index is 12.6. The van der Waals surface area contributed by atoms with Gasteiger partial charge in [-0.05, 0) is 30.7 Å². The number of hydrogen-bond acceptors (Lipinski definition) is 5. The number of hydrogen-bond donors (Lipinski definition) is 3. The fraction of sp³-hybridized carbons (Fsp3) is 0.609. The van der Waals surface area contributed by atoms with Gasteiger partial charge in [0.05, 0.1) is 6.04 Å². The van der Waals surface area contributed by atoms with E-state index in [1.165, 1.54) is 32.1 Å². The van der Waals surface area contributed by atoms with Crippen LogP contribution in [0.5, 0.6) is 0 Å². The first kappa shape index (κ1) is 22.3. The number of aliphatic carboxylic acids is 1. The van der Waals surface area contributed by atoms with Crippen molar-refractivity contribution in [3.05, 3.63) is 35.9 Å². The fourth-order valence-electron chi connectivity index (χ4n) is 4.22. The quantitative estimate of drug-likeness (QED) is 0.543. The molecule has 3 N–H and O–H groups in total. The molecular weight excluding hydrogens is 384 g/mol. The van der Waals surface area contributed by atoms with Crippen LogP contribution in [-0.2, 0) is 20.7 Å². The maximum Gasteiger partial charge on any atom is 0.332 e. The van der Waals surface area contributed by atoms with Crippen LogP contribution in [0.3, 0.4) is 0 Å². The van der Waals surface area contributed by atoms with Crippen LogP contribution >= 0.6 is 0 Å². The van der Waals surface area contributed by atoms with E-state index in [9.17, 15) is 14.7 Å². The molecule has 1 saturated carbocycles. The minimum absolute atomic E-state index is 0.00644. The molecule has 0 radical (unpaired) electrons. The number of carbonyl (C=O) groups is 2. The van der Waals surface area contributed by atoms with Crippen LogP contribution in [0.15, 0.2) is 35.3 Å². The Morgan fingerprint density at radius 2 is 1.90 bits per heavy atom. The monoisotopic (exact) mass is 416 g/mol. The number of carboxylic acid groups (broad SMARTS) is 1. The molecule has 1 amide bonds. The van der Waals surface area contributed by atoms with Crippen molar-refractivity contribution in [2.45, 2.75) is 76.0 Å². The third-order valence-corrected chi connectivity index (χ3v) is 6.03. The van der Waals surface area contributed by atoms with Gasteiger partial charge in [-0.3, -0.25) is 4.79 Å². The Morgan fingerprint density at radius 3 is 2.57 bits per heavy atom. The van der Waals surface area contributed by atoms with E-state index in [1.54, 1.807) is 0 Å². The molecule has 0 saturated heterocycles. The summed E-state index contributed by atoms with van der Waals surface area (Å²) >= 11 is 0. The number of aliphatic hydroxyl groups is 1. The topological polar surface area (TPSA) is 108 Å². The van der Waals surface area contributed by atoms with Gasteiger partial charge in [-0.2, -0.15) is 0 Å². The molecular formula is C23H32N2O5. The number of nitrogens with zero attached hydrogens (tertiary/aromatic N) is 1. The van der Waals surface area contributed by atoms with Crippen molar-refractivity contribution in [1.29, 1.82) is 0 Å². The van der Waals surface area contributed by atoms with Crippen molar-refractivity contribution < 1.29 is 24.5 Å². The molecule has 7 nitrogen and oxygen atoms in total. The first-order valence-electron chi connectivity index (χ1n) is 11.0. The van der Waals surface area contributed by atoms with Gasteiger partial charge < -0.3 is 20.3 Å². The number of aliphatic hydroxyl groups excluding tert-OH is 1. The van der Waals surface area contributed by atoms with E-state index in [2.05, 4.69) is 10.3 Å². The number of nitrogens with one attached hydrogen (secondary N) is 1. The zero-order chi connectivity index (χ0) is 21.3. The highest BCUT2D eigenvalue weighted by Gasteiger charge is 2.34. The number of aliphatic imine (C=N–C) groups is 1. The zero-order valence-electron chi connectivity index (χ0n) is 17.3. The molecule has 164 valence electrons. The summed E-state index contributed by atoms with van der Waals surface area (Å²) in [6.45, 7) is -0.0945. The summed E-state index contributed by atoms with van der Waals surface area (Å²) in [5, 5.41) is 22.8. The second-order valence-electron chi connectivity index (χ2n) is 8.32. The van der Waals surface area contributed by atoms with Crippen molar-refractivity contribution >= 4 is 17.8 Å². The lowest BCUT2D eigenvalue weighted by atomic mass is 9.86. The number of aryl methyl sites for hydroxylation is 1. The highest BCUT2D eigenvalue weighted by Crippen LogP contribution is 2.27. The summed E-state index contributed by atoms with van der Waals surface area (Å²) in [5.41, 5.74) is 1.10. The first-order valence-corrected chi connectivity index (χ1v) is 11.0. The van der Waals surface area contributed by atoms with Crippen molar-refractivity contribution in [2.75, 3.05) is 6.61 Å². The predicted octanol–water partition coefficient (Wildman–Crippen LogP) is 2.71. The van der Waals surface area contributed by atoms with Crippen LogP contribution < -0.4 is 5.32 Å². The van der Waals surface area contributed by atoms with Crippen LogP contribution in [0.1, 0.15) is 56.9 Å². The fourth-order valence-corrected chi connectivity index (χ4v) is 4.22. The SMILES string of the molecule is O=C(CCC1CCCCC1)N[C@@H](CCc1ccccc1)C(O)C1=N[C@@H](C(=O)O)CO1. The molecule has 1 aromatic rings. The molecule has 3 atom stereocenters. The average Bonchev–Trinajstić information content (AvgIpc) is 3.27. The molecule has 2 aliphatic rings. The van der Waals surface area contributed by atoms with Crippen LogP contribution in [-0.4, -0.2) is 52.8 Å². The van der Waals surface area contributed by atoms with Gasteiger partial charge >= 0.3 is 5.97 Å². The lowest BCUT2D eigenvalue weighted by Crippen LogP contribution is -2.47. The van der Waals surface area contributed by atoms with E-state index in [-0.39, 0.29) is 18.4 Å². The molecule has 7 heteroatoms. The molecule has 0 bridgehead atoms. The smallest absolute Gasteiger partial charge is 0.332 e. The third kappa shape index (κ3) is 6.55. The molecule has 1 heterocycles. The summed E-state index contributed by atoms with van der Waals surface area (Å²) in [7, 11) is 0. The van der Waals surface area contributed by atoms with Crippen LogP contribution in [0.25, 0.3) is 0 Å². The van der Waals surface area contributed by atoms with Crippen LogP contribution in [0.4, 0.5) is 0 Å². The maximum atomic E-state index is 12.6. The first-order chi connectivity index (χ1) is 14.5. The number of rotatable bonds is 10. The normalized spacial score (nSPS) is 21.4. The number of benzene rings is 1. The molecule has 0 spiro atoms. The highest BCUT2D eigenvalue weighted by molar-refractivity contribution is 5.88. The van der Waals surface area contributed by atoms with E-state index in [1.807, 2.05) is 30.3 Å². The van der Waals surface area contributed by atoms with E-state index in [0.29, 0.717) is 25.2 Å². The van der Waals surface area contributed by atoms with Gasteiger partial charge in [0.1, 0.15) is 12.7 Å². The second kappa shape index (κ2) is 11.1. The molecule has 1 aromatic carbocycles. The van der Waals surface area contributed by atoms with Crippen LogP contribution in [0.2, 0.25) is 0 Å². The highest BCUT2D eigenvalue weighted by atomic mass is 16.5. The van der Waals surface area contributed by atoms with Gasteiger partial charge in [0, 0.05) is 6.42 Å². The van der Waals surface area contributed by atoms with Gasteiger partial charge in [-0.1, -0.05) is 62.4 Å². The van der Waals surface area contributed by atoms with Crippen LogP contribution in [0, 0.1) is 5.92 Å². The summed E-state index contributed by atoms with van der Waals surface area (Å²) in [4.78, 5) is 27.7. The zero-order valence-corrected chi connectivity index (χ0v) is 17.3. The Hall–Kier alpha value is -2.41. The molecule has 30 heavy (non-hydrogen) atoms.